The van der Waals surface area contributed by atoms with E-state index in [9.17, 15) is 4.39 Å². The Labute approximate surface area is 118 Å². The molecule has 0 heterocycles. The highest BCUT2D eigenvalue weighted by molar-refractivity contribution is 9.09. The summed E-state index contributed by atoms with van der Waals surface area (Å²) in [6.45, 7) is 0. The third-order valence-corrected chi connectivity index (χ3v) is 5.51. The molecular weight excluding hydrogens is 355 g/mol. The van der Waals surface area contributed by atoms with Crippen LogP contribution in [0.5, 0.6) is 0 Å². The van der Waals surface area contributed by atoms with E-state index in [1.165, 1.54) is 17.7 Å². The number of rotatable bonds is 6. The standard InChI is InChI=1S/C12H15Br2FS/c1-16-7-6-12(8-13,9-14)10-2-4-11(15)5-3-10/h2-5H,6-9H2,1H3. The molecule has 0 radical (unpaired) electrons. The number of hydrogen-bond acceptors (Lipinski definition) is 1. The molecule has 0 atom stereocenters. The normalized spacial score (nSPS) is 11.8. The molecule has 0 unspecified atom stereocenters. The molecule has 0 aliphatic rings. The van der Waals surface area contributed by atoms with E-state index in [-0.39, 0.29) is 11.2 Å². The molecule has 0 N–H and O–H groups in total. The molecule has 1 rings (SSSR count). The number of hydrogen-bond donors (Lipinski definition) is 0. The van der Waals surface area contributed by atoms with Crippen molar-refractivity contribution in [1.29, 1.82) is 0 Å². The summed E-state index contributed by atoms with van der Waals surface area (Å²) in [5, 5.41) is 1.77. The van der Waals surface area contributed by atoms with E-state index in [0.29, 0.717) is 0 Å². The van der Waals surface area contributed by atoms with Gasteiger partial charge < -0.3 is 0 Å². The Kier molecular flexibility index (Phi) is 6.37. The van der Waals surface area contributed by atoms with Crippen LogP contribution in [-0.2, 0) is 5.41 Å². The van der Waals surface area contributed by atoms with Crippen LogP contribution >= 0.6 is 43.6 Å². The van der Waals surface area contributed by atoms with E-state index in [0.717, 1.165) is 22.8 Å². The molecule has 16 heavy (non-hydrogen) atoms. The van der Waals surface area contributed by atoms with Gasteiger partial charge in [-0.1, -0.05) is 44.0 Å². The molecular formula is C12H15Br2FS. The highest BCUT2D eigenvalue weighted by Crippen LogP contribution is 2.33. The Morgan fingerprint density at radius 1 is 1.19 bits per heavy atom. The van der Waals surface area contributed by atoms with Crippen molar-refractivity contribution in [3.8, 4) is 0 Å². The maximum Gasteiger partial charge on any atom is 0.123 e. The summed E-state index contributed by atoms with van der Waals surface area (Å²) < 4.78 is 12.9. The number of halogens is 3. The maximum absolute atomic E-state index is 12.9. The van der Waals surface area contributed by atoms with Gasteiger partial charge in [0.1, 0.15) is 5.82 Å². The minimum absolute atomic E-state index is 0.0662. The van der Waals surface area contributed by atoms with Crippen molar-refractivity contribution in [2.75, 3.05) is 22.7 Å². The predicted octanol–water partition coefficient (Wildman–Crippen LogP) is 4.61. The van der Waals surface area contributed by atoms with Gasteiger partial charge in [-0.2, -0.15) is 11.8 Å². The molecule has 0 aliphatic heterocycles. The third kappa shape index (κ3) is 3.47. The molecule has 0 fully saturated rings. The number of thioether (sulfide) groups is 1. The summed E-state index contributed by atoms with van der Waals surface area (Å²) in [5.74, 6) is 0.931. The molecule has 0 spiro atoms. The molecule has 0 aromatic heterocycles. The molecule has 4 heteroatoms. The van der Waals surface area contributed by atoms with Crippen molar-refractivity contribution in [2.24, 2.45) is 0 Å². The second-order valence-electron chi connectivity index (χ2n) is 3.80. The Bertz CT molecular complexity index is 309. The molecule has 90 valence electrons. The van der Waals surface area contributed by atoms with Gasteiger partial charge in [0.2, 0.25) is 0 Å². The smallest absolute Gasteiger partial charge is 0.123 e. The van der Waals surface area contributed by atoms with Crippen molar-refractivity contribution < 1.29 is 4.39 Å². The van der Waals surface area contributed by atoms with Gasteiger partial charge in [-0.25, -0.2) is 4.39 Å². The van der Waals surface area contributed by atoms with Gasteiger partial charge in [-0.15, -0.1) is 0 Å². The van der Waals surface area contributed by atoms with Crippen LogP contribution in [0.3, 0.4) is 0 Å². The minimum atomic E-state index is -0.174. The average molecular weight is 370 g/mol. The quantitative estimate of drug-likeness (QED) is 0.660. The van der Waals surface area contributed by atoms with Crippen LogP contribution in [0.1, 0.15) is 12.0 Å². The molecule has 0 saturated heterocycles. The van der Waals surface area contributed by atoms with Gasteiger partial charge in [0.25, 0.3) is 0 Å². The summed E-state index contributed by atoms with van der Waals surface area (Å²) in [6, 6.07) is 6.85. The lowest BCUT2D eigenvalue weighted by Gasteiger charge is -2.30. The van der Waals surface area contributed by atoms with Crippen LogP contribution in [0.15, 0.2) is 24.3 Å². The lowest BCUT2D eigenvalue weighted by molar-refractivity contribution is 0.536. The van der Waals surface area contributed by atoms with Crippen LogP contribution in [-0.4, -0.2) is 22.7 Å². The zero-order valence-corrected chi connectivity index (χ0v) is 13.2. The van der Waals surface area contributed by atoms with E-state index < -0.39 is 0 Å². The Balaban J connectivity index is 2.95. The second-order valence-corrected chi connectivity index (χ2v) is 5.90. The fraction of sp³-hybridized carbons (Fsp3) is 0.500. The molecule has 1 aromatic rings. The largest absolute Gasteiger partial charge is 0.207 e. The van der Waals surface area contributed by atoms with E-state index in [4.69, 9.17) is 0 Å². The first-order valence-electron chi connectivity index (χ1n) is 5.05. The van der Waals surface area contributed by atoms with E-state index in [2.05, 4.69) is 38.1 Å². The van der Waals surface area contributed by atoms with Crippen molar-refractivity contribution in [3.05, 3.63) is 35.6 Å². The van der Waals surface area contributed by atoms with Gasteiger partial charge in [0.15, 0.2) is 0 Å². The van der Waals surface area contributed by atoms with Gasteiger partial charge in [0.05, 0.1) is 0 Å². The monoisotopic (exact) mass is 368 g/mol. The summed E-state index contributed by atoms with van der Waals surface area (Å²) in [5.41, 5.74) is 1.26. The highest BCUT2D eigenvalue weighted by atomic mass is 79.9. The topological polar surface area (TPSA) is 0 Å². The van der Waals surface area contributed by atoms with Crippen LogP contribution in [0.25, 0.3) is 0 Å². The second kappa shape index (κ2) is 7.02. The fourth-order valence-electron chi connectivity index (χ4n) is 1.57. The van der Waals surface area contributed by atoms with Crippen molar-refractivity contribution in [2.45, 2.75) is 11.8 Å². The Morgan fingerprint density at radius 3 is 2.19 bits per heavy atom. The minimum Gasteiger partial charge on any atom is -0.207 e. The zero-order valence-electron chi connectivity index (χ0n) is 9.18. The van der Waals surface area contributed by atoms with Gasteiger partial charge in [0, 0.05) is 16.1 Å². The fourth-order valence-corrected chi connectivity index (χ4v) is 4.30. The molecule has 0 bridgehead atoms. The van der Waals surface area contributed by atoms with Crippen molar-refractivity contribution in [3.63, 3.8) is 0 Å². The third-order valence-electron chi connectivity index (χ3n) is 2.75. The lowest BCUT2D eigenvalue weighted by Crippen LogP contribution is -2.31. The van der Waals surface area contributed by atoms with Gasteiger partial charge in [-0.05, 0) is 36.1 Å². The van der Waals surface area contributed by atoms with E-state index in [1.54, 1.807) is 0 Å². The number of alkyl halides is 2. The Hall–Kier alpha value is 0.460. The van der Waals surface area contributed by atoms with Gasteiger partial charge >= 0.3 is 0 Å². The number of benzene rings is 1. The van der Waals surface area contributed by atoms with Gasteiger partial charge in [-0.3, -0.25) is 0 Å². The first-order valence-corrected chi connectivity index (χ1v) is 8.69. The highest BCUT2D eigenvalue weighted by Gasteiger charge is 2.29. The lowest BCUT2D eigenvalue weighted by atomic mass is 9.82. The summed E-state index contributed by atoms with van der Waals surface area (Å²) in [4.78, 5) is 0. The van der Waals surface area contributed by atoms with Crippen molar-refractivity contribution in [1.82, 2.24) is 0 Å². The van der Waals surface area contributed by atoms with E-state index in [1.807, 2.05) is 23.9 Å². The van der Waals surface area contributed by atoms with E-state index >= 15 is 0 Å². The van der Waals surface area contributed by atoms with Crippen LogP contribution < -0.4 is 0 Å². The molecule has 0 saturated carbocycles. The zero-order chi connectivity index (χ0) is 12.0. The molecule has 0 nitrogen and oxygen atoms in total. The summed E-state index contributed by atoms with van der Waals surface area (Å²) in [6.07, 6.45) is 3.19. The molecule has 1 aromatic carbocycles. The molecule has 0 amide bonds. The first-order chi connectivity index (χ1) is 7.68. The maximum atomic E-state index is 12.9. The summed E-state index contributed by atoms with van der Waals surface area (Å²) >= 11 is 9.01. The Morgan fingerprint density at radius 2 is 1.75 bits per heavy atom. The van der Waals surface area contributed by atoms with Crippen LogP contribution in [0.4, 0.5) is 4.39 Å². The van der Waals surface area contributed by atoms with Crippen LogP contribution in [0.2, 0.25) is 0 Å². The first kappa shape index (κ1) is 14.5. The average Bonchev–Trinajstić information content (AvgIpc) is 2.33. The molecule has 0 aliphatic carbocycles. The van der Waals surface area contributed by atoms with Crippen LogP contribution in [0, 0.1) is 5.82 Å². The SMILES string of the molecule is CSCCC(CBr)(CBr)c1ccc(F)cc1. The predicted molar refractivity (Wildman–Crippen MR) is 78.7 cm³/mol. The summed E-state index contributed by atoms with van der Waals surface area (Å²) in [7, 11) is 0. The van der Waals surface area contributed by atoms with Crippen molar-refractivity contribution >= 4 is 43.6 Å².